The molecular formula is C20H21FN2O3. The molecule has 1 aliphatic rings. The number of carbonyl (C=O) groups is 2. The zero-order valence-corrected chi connectivity index (χ0v) is 14.6. The fourth-order valence-corrected chi connectivity index (χ4v) is 3.05. The SMILES string of the molecule is COc1ccc(C(=O)N2CCC(NC(=O)c3ccccc3F)CC2)cc1. The summed E-state index contributed by atoms with van der Waals surface area (Å²) < 4.78 is 18.8. The maximum absolute atomic E-state index is 13.7. The number of methoxy groups -OCH3 is 1. The number of likely N-dealkylation sites (tertiary alicyclic amines) is 1. The average molecular weight is 356 g/mol. The molecule has 0 saturated carbocycles. The first-order chi connectivity index (χ1) is 12.6. The number of ether oxygens (including phenoxy) is 1. The van der Waals surface area contributed by atoms with Gasteiger partial charge in [0, 0.05) is 24.7 Å². The number of benzene rings is 2. The van der Waals surface area contributed by atoms with Crippen LogP contribution in [0.5, 0.6) is 5.75 Å². The first-order valence-corrected chi connectivity index (χ1v) is 8.57. The van der Waals surface area contributed by atoms with E-state index in [0.29, 0.717) is 37.2 Å². The number of piperidine rings is 1. The summed E-state index contributed by atoms with van der Waals surface area (Å²) in [6.45, 7) is 1.10. The number of nitrogens with one attached hydrogen (secondary N) is 1. The third-order valence-corrected chi connectivity index (χ3v) is 4.57. The highest BCUT2D eigenvalue weighted by Gasteiger charge is 2.25. The summed E-state index contributed by atoms with van der Waals surface area (Å²) >= 11 is 0. The highest BCUT2D eigenvalue weighted by Crippen LogP contribution is 2.17. The minimum Gasteiger partial charge on any atom is -0.497 e. The van der Waals surface area contributed by atoms with Crippen LogP contribution in [-0.2, 0) is 0 Å². The minimum absolute atomic E-state index is 0.0356. The fraction of sp³-hybridized carbons (Fsp3) is 0.300. The Morgan fingerprint density at radius 1 is 1.08 bits per heavy atom. The first-order valence-electron chi connectivity index (χ1n) is 8.57. The Morgan fingerprint density at radius 3 is 2.35 bits per heavy atom. The predicted octanol–water partition coefficient (Wildman–Crippen LogP) is 2.87. The van der Waals surface area contributed by atoms with Crippen LogP contribution in [0.25, 0.3) is 0 Å². The normalized spacial score (nSPS) is 14.8. The Morgan fingerprint density at radius 2 is 1.73 bits per heavy atom. The quantitative estimate of drug-likeness (QED) is 0.916. The van der Waals surface area contributed by atoms with E-state index in [2.05, 4.69) is 5.32 Å². The second-order valence-corrected chi connectivity index (χ2v) is 6.25. The van der Waals surface area contributed by atoms with Crippen LogP contribution < -0.4 is 10.1 Å². The lowest BCUT2D eigenvalue weighted by molar-refractivity contribution is 0.0698. The lowest BCUT2D eigenvalue weighted by Gasteiger charge is -2.32. The van der Waals surface area contributed by atoms with Crippen molar-refractivity contribution in [3.05, 3.63) is 65.5 Å². The number of amides is 2. The maximum Gasteiger partial charge on any atom is 0.254 e. The van der Waals surface area contributed by atoms with Gasteiger partial charge in [-0.25, -0.2) is 4.39 Å². The molecule has 2 aromatic rings. The molecule has 1 fully saturated rings. The van der Waals surface area contributed by atoms with Gasteiger partial charge in [0.15, 0.2) is 0 Å². The van der Waals surface area contributed by atoms with Crippen LogP contribution in [0.2, 0.25) is 0 Å². The molecule has 136 valence electrons. The summed E-state index contributed by atoms with van der Waals surface area (Å²) in [5.41, 5.74) is 0.656. The van der Waals surface area contributed by atoms with Crippen molar-refractivity contribution >= 4 is 11.8 Å². The van der Waals surface area contributed by atoms with Gasteiger partial charge in [0.1, 0.15) is 11.6 Å². The molecule has 0 bridgehead atoms. The first kappa shape index (κ1) is 17.9. The van der Waals surface area contributed by atoms with Crippen molar-refractivity contribution in [2.24, 2.45) is 0 Å². The van der Waals surface area contributed by atoms with Gasteiger partial charge in [-0.2, -0.15) is 0 Å². The number of rotatable bonds is 4. The summed E-state index contributed by atoms with van der Waals surface area (Å²) in [5.74, 6) is -0.275. The molecule has 0 unspecified atom stereocenters. The van der Waals surface area contributed by atoms with Crippen molar-refractivity contribution in [1.82, 2.24) is 10.2 Å². The number of halogens is 1. The van der Waals surface area contributed by atoms with Gasteiger partial charge in [-0.1, -0.05) is 12.1 Å². The van der Waals surface area contributed by atoms with Gasteiger partial charge in [0.05, 0.1) is 12.7 Å². The van der Waals surface area contributed by atoms with E-state index >= 15 is 0 Å². The van der Waals surface area contributed by atoms with Crippen molar-refractivity contribution in [1.29, 1.82) is 0 Å². The highest BCUT2D eigenvalue weighted by atomic mass is 19.1. The topological polar surface area (TPSA) is 58.6 Å². The van der Waals surface area contributed by atoms with Gasteiger partial charge in [-0.05, 0) is 49.2 Å². The molecule has 0 radical (unpaired) electrons. The summed E-state index contributed by atoms with van der Waals surface area (Å²) in [5, 5.41) is 2.86. The Kier molecular flexibility index (Phi) is 5.51. The molecule has 0 aromatic heterocycles. The van der Waals surface area contributed by atoms with E-state index < -0.39 is 11.7 Å². The van der Waals surface area contributed by atoms with E-state index in [9.17, 15) is 14.0 Å². The predicted molar refractivity (Wildman–Crippen MR) is 95.8 cm³/mol. The standard InChI is InChI=1S/C20H21FN2O3/c1-26-16-8-6-14(7-9-16)20(25)23-12-10-15(11-13-23)22-19(24)17-4-2-3-5-18(17)21/h2-9,15H,10-13H2,1H3,(H,22,24). The number of hydrogen-bond acceptors (Lipinski definition) is 3. The summed E-state index contributed by atoms with van der Waals surface area (Å²) in [6.07, 6.45) is 1.28. The van der Waals surface area contributed by atoms with Gasteiger partial charge in [0.2, 0.25) is 0 Å². The highest BCUT2D eigenvalue weighted by molar-refractivity contribution is 5.95. The molecule has 26 heavy (non-hydrogen) atoms. The molecule has 0 spiro atoms. The molecule has 3 rings (SSSR count). The average Bonchev–Trinajstić information content (AvgIpc) is 2.68. The molecule has 1 aliphatic heterocycles. The van der Waals surface area contributed by atoms with E-state index in [1.165, 1.54) is 12.1 Å². The van der Waals surface area contributed by atoms with E-state index in [1.54, 1.807) is 48.4 Å². The summed E-state index contributed by atoms with van der Waals surface area (Å²) in [6, 6.07) is 12.9. The van der Waals surface area contributed by atoms with Gasteiger partial charge in [0.25, 0.3) is 11.8 Å². The molecule has 0 aliphatic carbocycles. The third kappa shape index (κ3) is 4.02. The fourth-order valence-electron chi connectivity index (χ4n) is 3.05. The lowest BCUT2D eigenvalue weighted by atomic mass is 10.0. The molecule has 6 heteroatoms. The Bertz CT molecular complexity index is 784. The molecule has 1 saturated heterocycles. The minimum atomic E-state index is -0.530. The van der Waals surface area contributed by atoms with Crippen molar-refractivity contribution < 1.29 is 18.7 Å². The van der Waals surface area contributed by atoms with Crippen molar-refractivity contribution in [3.8, 4) is 5.75 Å². The van der Waals surface area contributed by atoms with E-state index in [-0.39, 0.29) is 17.5 Å². The Hall–Kier alpha value is -2.89. The lowest BCUT2D eigenvalue weighted by Crippen LogP contribution is -2.46. The molecular weight excluding hydrogens is 335 g/mol. The van der Waals surface area contributed by atoms with Gasteiger partial charge in [-0.3, -0.25) is 9.59 Å². The van der Waals surface area contributed by atoms with Crippen LogP contribution in [0.1, 0.15) is 33.6 Å². The Labute approximate surface area is 151 Å². The van der Waals surface area contributed by atoms with Crippen LogP contribution in [-0.4, -0.2) is 43.0 Å². The number of nitrogens with zero attached hydrogens (tertiary/aromatic N) is 1. The zero-order chi connectivity index (χ0) is 18.5. The summed E-state index contributed by atoms with van der Waals surface area (Å²) in [4.78, 5) is 26.5. The molecule has 2 aromatic carbocycles. The van der Waals surface area contributed by atoms with Crippen LogP contribution in [0.3, 0.4) is 0 Å². The van der Waals surface area contributed by atoms with Crippen molar-refractivity contribution in [3.63, 3.8) is 0 Å². The van der Waals surface area contributed by atoms with Crippen LogP contribution in [0, 0.1) is 5.82 Å². The van der Waals surface area contributed by atoms with Gasteiger partial charge >= 0.3 is 0 Å². The molecule has 1 N–H and O–H groups in total. The molecule has 1 heterocycles. The molecule has 2 amide bonds. The van der Waals surface area contributed by atoms with E-state index in [4.69, 9.17) is 4.74 Å². The van der Waals surface area contributed by atoms with E-state index in [1.807, 2.05) is 0 Å². The van der Waals surface area contributed by atoms with Crippen LogP contribution >= 0.6 is 0 Å². The number of hydrogen-bond donors (Lipinski definition) is 1. The molecule has 0 atom stereocenters. The van der Waals surface area contributed by atoms with Gasteiger partial charge < -0.3 is 15.0 Å². The van der Waals surface area contributed by atoms with Crippen LogP contribution in [0.4, 0.5) is 4.39 Å². The van der Waals surface area contributed by atoms with E-state index in [0.717, 1.165) is 0 Å². The largest absolute Gasteiger partial charge is 0.497 e. The van der Waals surface area contributed by atoms with Gasteiger partial charge in [-0.15, -0.1) is 0 Å². The maximum atomic E-state index is 13.7. The van der Waals surface area contributed by atoms with Crippen molar-refractivity contribution in [2.75, 3.05) is 20.2 Å². The van der Waals surface area contributed by atoms with Crippen LogP contribution in [0.15, 0.2) is 48.5 Å². The third-order valence-electron chi connectivity index (χ3n) is 4.57. The monoisotopic (exact) mass is 356 g/mol. The molecule has 5 nitrogen and oxygen atoms in total. The Balaban J connectivity index is 1.54. The number of carbonyl (C=O) groups excluding carboxylic acids is 2. The smallest absolute Gasteiger partial charge is 0.254 e. The van der Waals surface area contributed by atoms with Crippen molar-refractivity contribution in [2.45, 2.75) is 18.9 Å². The summed E-state index contributed by atoms with van der Waals surface area (Å²) in [7, 11) is 1.58. The zero-order valence-electron chi connectivity index (χ0n) is 14.6. The second kappa shape index (κ2) is 7.99. The second-order valence-electron chi connectivity index (χ2n) is 6.25.